The van der Waals surface area contributed by atoms with E-state index in [1.807, 2.05) is 6.07 Å². The number of nitrogens with zero attached hydrogens (tertiary/aromatic N) is 6. The highest BCUT2D eigenvalue weighted by atomic mass is 32.1. The zero-order valence-corrected chi connectivity index (χ0v) is 16.1. The van der Waals surface area contributed by atoms with E-state index in [4.69, 9.17) is 0 Å². The molecule has 0 saturated carbocycles. The number of rotatable bonds is 4. The molecular weight excluding hydrogens is 362 g/mol. The van der Waals surface area contributed by atoms with Crippen LogP contribution in [0.15, 0.2) is 30.5 Å². The second-order valence-electron chi connectivity index (χ2n) is 6.62. The summed E-state index contributed by atoms with van der Waals surface area (Å²) >= 11 is 1.41. The molecule has 1 aromatic carbocycles. The van der Waals surface area contributed by atoms with Gasteiger partial charge in [-0.25, -0.2) is 0 Å². The molecule has 4 rings (SSSR count). The molecule has 3 aromatic rings. The summed E-state index contributed by atoms with van der Waals surface area (Å²) in [6.45, 7) is 7.34. The molecule has 0 bridgehead atoms. The van der Waals surface area contributed by atoms with Crippen molar-refractivity contribution in [1.29, 1.82) is 0 Å². The third-order valence-electron chi connectivity index (χ3n) is 4.85. The summed E-state index contributed by atoms with van der Waals surface area (Å²) in [6.07, 6.45) is 1.72. The molecule has 8 nitrogen and oxygen atoms in total. The lowest BCUT2D eigenvalue weighted by Crippen LogP contribution is -2.47. The van der Waals surface area contributed by atoms with Crippen LogP contribution < -0.4 is 10.2 Å². The number of benzene rings is 1. The van der Waals surface area contributed by atoms with Crippen molar-refractivity contribution in [2.75, 3.05) is 36.4 Å². The predicted molar refractivity (Wildman–Crippen MR) is 106 cm³/mol. The Morgan fingerprint density at radius 3 is 2.74 bits per heavy atom. The summed E-state index contributed by atoms with van der Waals surface area (Å²) in [5.74, 6) is -0.128. The highest BCUT2D eigenvalue weighted by molar-refractivity contribution is 7.19. The number of hydrogen-bond acceptors (Lipinski definition) is 8. The Morgan fingerprint density at radius 1 is 1.15 bits per heavy atom. The third-order valence-corrected chi connectivity index (χ3v) is 5.75. The first-order chi connectivity index (χ1) is 13.1. The number of hydrogen-bond donors (Lipinski definition) is 1. The number of anilines is 2. The molecule has 1 aliphatic heterocycles. The van der Waals surface area contributed by atoms with Gasteiger partial charge in [-0.05, 0) is 24.6 Å². The first-order valence-electron chi connectivity index (χ1n) is 8.91. The number of piperazine rings is 1. The van der Waals surface area contributed by atoms with Crippen molar-refractivity contribution >= 4 is 38.4 Å². The van der Waals surface area contributed by atoms with Crippen LogP contribution in [0.25, 0.3) is 10.9 Å². The largest absolute Gasteiger partial charge is 0.344 e. The Balaban J connectivity index is 1.40. The van der Waals surface area contributed by atoms with E-state index in [-0.39, 0.29) is 5.91 Å². The lowest BCUT2D eigenvalue weighted by molar-refractivity contribution is -0.114. The number of carbonyl (C=O) groups is 1. The fourth-order valence-electron chi connectivity index (χ4n) is 3.31. The Morgan fingerprint density at radius 2 is 1.96 bits per heavy atom. The van der Waals surface area contributed by atoms with Gasteiger partial charge in [0.1, 0.15) is 0 Å². The van der Waals surface area contributed by atoms with Crippen LogP contribution in [0.4, 0.5) is 10.3 Å². The summed E-state index contributed by atoms with van der Waals surface area (Å²) in [4.78, 5) is 15.8. The van der Waals surface area contributed by atoms with Crippen molar-refractivity contribution < 1.29 is 4.79 Å². The molecule has 2 aromatic heterocycles. The molecular formula is C18H21N7OS. The van der Waals surface area contributed by atoms with Gasteiger partial charge in [0, 0.05) is 44.5 Å². The van der Waals surface area contributed by atoms with E-state index >= 15 is 0 Å². The summed E-state index contributed by atoms with van der Waals surface area (Å²) in [5.41, 5.74) is 2.18. The molecule has 140 valence electrons. The van der Waals surface area contributed by atoms with Crippen LogP contribution in [-0.2, 0) is 4.79 Å². The van der Waals surface area contributed by atoms with E-state index in [1.165, 1.54) is 23.8 Å². The van der Waals surface area contributed by atoms with Gasteiger partial charge in [-0.2, -0.15) is 10.2 Å². The lowest BCUT2D eigenvalue weighted by Gasteiger charge is -2.38. The monoisotopic (exact) mass is 383 g/mol. The van der Waals surface area contributed by atoms with E-state index in [0.717, 1.165) is 42.2 Å². The Labute approximate surface area is 161 Å². The summed E-state index contributed by atoms with van der Waals surface area (Å²) in [5, 5.41) is 21.6. The van der Waals surface area contributed by atoms with Gasteiger partial charge in [0.2, 0.25) is 16.2 Å². The molecule has 1 atom stereocenters. The Hall–Kier alpha value is -2.65. The molecule has 0 aliphatic carbocycles. The third kappa shape index (κ3) is 3.88. The minimum absolute atomic E-state index is 0.128. The summed E-state index contributed by atoms with van der Waals surface area (Å²) in [6, 6.07) is 8.70. The zero-order chi connectivity index (χ0) is 18.8. The number of carbonyl (C=O) groups excluding carboxylic acids is 1. The molecule has 1 unspecified atom stereocenters. The Kier molecular flexibility index (Phi) is 4.95. The smallest absolute Gasteiger partial charge is 0.223 e. The van der Waals surface area contributed by atoms with Crippen molar-refractivity contribution in [1.82, 2.24) is 25.3 Å². The van der Waals surface area contributed by atoms with Gasteiger partial charge in [0.25, 0.3) is 0 Å². The number of aromatic nitrogens is 4. The quantitative estimate of drug-likeness (QED) is 0.740. The van der Waals surface area contributed by atoms with Gasteiger partial charge >= 0.3 is 0 Å². The standard InChI is InChI=1S/C18H21N7OS/c1-12(15-4-3-14-5-6-19-21-16(14)11-15)24-7-9-25(10-8-24)18-23-22-17(27-18)20-13(2)26/h3-6,11-12H,7-10H2,1-2H3,(H,20,22,26). The topological polar surface area (TPSA) is 87.1 Å². The van der Waals surface area contributed by atoms with Gasteiger partial charge in [-0.15, -0.1) is 10.2 Å². The second kappa shape index (κ2) is 7.53. The van der Waals surface area contributed by atoms with E-state index in [1.54, 1.807) is 6.20 Å². The van der Waals surface area contributed by atoms with Crippen LogP contribution in [0, 0.1) is 0 Å². The van der Waals surface area contributed by atoms with E-state index in [9.17, 15) is 4.79 Å². The average Bonchev–Trinajstić information content (AvgIpc) is 3.15. The average molecular weight is 383 g/mol. The number of amides is 1. The highest BCUT2D eigenvalue weighted by Crippen LogP contribution is 2.28. The van der Waals surface area contributed by atoms with Crippen molar-refractivity contribution in [3.8, 4) is 0 Å². The first kappa shape index (κ1) is 17.7. The molecule has 3 heterocycles. The number of nitrogens with one attached hydrogen (secondary N) is 1. The SMILES string of the molecule is CC(=O)Nc1nnc(N2CCN(C(C)c3ccc4ccnnc4c3)CC2)s1. The lowest BCUT2D eigenvalue weighted by atomic mass is 10.0. The predicted octanol–water partition coefficient (Wildman–Crippen LogP) is 2.32. The number of fused-ring (bicyclic) bond motifs is 1. The highest BCUT2D eigenvalue weighted by Gasteiger charge is 2.24. The van der Waals surface area contributed by atoms with Crippen molar-refractivity contribution in [3.05, 3.63) is 36.0 Å². The van der Waals surface area contributed by atoms with E-state index in [2.05, 4.69) is 60.6 Å². The molecule has 1 N–H and O–H groups in total. The van der Waals surface area contributed by atoms with Gasteiger partial charge < -0.3 is 10.2 Å². The van der Waals surface area contributed by atoms with Gasteiger partial charge in [-0.3, -0.25) is 9.69 Å². The minimum Gasteiger partial charge on any atom is -0.344 e. The fourth-order valence-corrected chi connectivity index (χ4v) is 4.16. The molecule has 0 spiro atoms. The first-order valence-corrected chi connectivity index (χ1v) is 9.73. The molecule has 9 heteroatoms. The minimum atomic E-state index is -0.128. The normalized spacial score (nSPS) is 16.4. The molecule has 1 aliphatic rings. The van der Waals surface area contributed by atoms with Crippen LogP contribution in [0.3, 0.4) is 0 Å². The fraction of sp³-hybridized carbons (Fsp3) is 0.389. The second-order valence-corrected chi connectivity index (χ2v) is 7.58. The molecule has 27 heavy (non-hydrogen) atoms. The van der Waals surface area contributed by atoms with Crippen LogP contribution in [0.1, 0.15) is 25.5 Å². The van der Waals surface area contributed by atoms with Crippen molar-refractivity contribution in [2.24, 2.45) is 0 Å². The zero-order valence-electron chi connectivity index (χ0n) is 15.3. The van der Waals surface area contributed by atoms with Crippen molar-refractivity contribution in [3.63, 3.8) is 0 Å². The van der Waals surface area contributed by atoms with E-state index in [0.29, 0.717) is 11.2 Å². The van der Waals surface area contributed by atoms with Gasteiger partial charge in [0.05, 0.1) is 11.7 Å². The van der Waals surface area contributed by atoms with Crippen molar-refractivity contribution in [2.45, 2.75) is 19.9 Å². The molecule has 1 fully saturated rings. The maximum Gasteiger partial charge on any atom is 0.223 e. The molecule has 1 saturated heterocycles. The molecule has 1 amide bonds. The maximum absolute atomic E-state index is 11.1. The summed E-state index contributed by atoms with van der Waals surface area (Å²) in [7, 11) is 0. The Bertz CT molecular complexity index is 952. The van der Waals surface area contributed by atoms with Crippen LogP contribution in [0.5, 0.6) is 0 Å². The van der Waals surface area contributed by atoms with Gasteiger partial charge in [0.15, 0.2) is 0 Å². The van der Waals surface area contributed by atoms with Crippen LogP contribution in [-0.4, -0.2) is 57.4 Å². The van der Waals surface area contributed by atoms with Crippen LogP contribution in [0.2, 0.25) is 0 Å². The van der Waals surface area contributed by atoms with Crippen LogP contribution >= 0.6 is 11.3 Å². The summed E-state index contributed by atoms with van der Waals surface area (Å²) < 4.78 is 0. The maximum atomic E-state index is 11.1. The van der Waals surface area contributed by atoms with E-state index < -0.39 is 0 Å². The van der Waals surface area contributed by atoms with Gasteiger partial charge in [-0.1, -0.05) is 23.5 Å². The molecule has 0 radical (unpaired) electrons.